The molecule has 1 fully saturated rings. The highest BCUT2D eigenvalue weighted by Gasteiger charge is 2.27. The summed E-state index contributed by atoms with van der Waals surface area (Å²) in [5.74, 6) is 1.49. The summed E-state index contributed by atoms with van der Waals surface area (Å²) in [6.07, 6.45) is 6.94. The minimum Gasteiger partial charge on any atom is -0.342 e. The fourth-order valence-electron chi connectivity index (χ4n) is 2.79. The highest BCUT2D eigenvalue weighted by Crippen LogP contribution is 2.29. The lowest BCUT2D eigenvalue weighted by molar-refractivity contribution is -0.137. The van der Waals surface area contributed by atoms with Gasteiger partial charge in [0.1, 0.15) is 0 Å². The summed E-state index contributed by atoms with van der Waals surface area (Å²) in [4.78, 5) is 14.4. The van der Waals surface area contributed by atoms with Gasteiger partial charge in [-0.1, -0.05) is 33.6 Å². The van der Waals surface area contributed by atoms with Gasteiger partial charge in [-0.25, -0.2) is 0 Å². The SMILES string of the molecule is CCCN(CCC)C(=O)C1CCCC(C)C1. The van der Waals surface area contributed by atoms with Crippen LogP contribution in [-0.4, -0.2) is 23.9 Å². The molecule has 0 radical (unpaired) electrons. The molecule has 16 heavy (non-hydrogen) atoms. The summed E-state index contributed by atoms with van der Waals surface area (Å²) in [7, 11) is 0. The van der Waals surface area contributed by atoms with E-state index in [1.165, 1.54) is 12.8 Å². The van der Waals surface area contributed by atoms with Crippen LogP contribution >= 0.6 is 0 Å². The standard InChI is InChI=1S/C14H27NO/c1-4-9-15(10-5-2)14(16)13-8-6-7-12(3)11-13/h12-13H,4-11H2,1-3H3. The zero-order valence-corrected chi connectivity index (χ0v) is 11.2. The minimum absolute atomic E-state index is 0.321. The third-order valence-corrected chi connectivity index (χ3v) is 3.58. The Morgan fingerprint density at radius 1 is 1.19 bits per heavy atom. The predicted octanol–water partition coefficient (Wildman–Crippen LogP) is 3.46. The average molecular weight is 225 g/mol. The molecule has 0 aromatic rings. The van der Waals surface area contributed by atoms with E-state index in [4.69, 9.17) is 0 Å². The van der Waals surface area contributed by atoms with Crippen molar-refractivity contribution in [3.8, 4) is 0 Å². The Bertz CT molecular complexity index is 202. The molecular weight excluding hydrogens is 198 g/mol. The van der Waals surface area contributed by atoms with Gasteiger partial charge in [-0.3, -0.25) is 4.79 Å². The molecule has 1 amide bonds. The molecule has 0 N–H and O–H groups in total. The van der Waals surface area contributed by atoms with E-state index in [1.54, 1.807) is 0 Å². The van der Waals surface area contributed by atoms with Crippen LogP contribution in [0.2, 0.25) is 0 Å². The van der Waals surface area contributed by atoms with Crippen LogP contribution in [0.5, 0.6) is 0 Å². The van der Waals surface area contributed by atoms with E-state index < -0.39 is 0 Å². The number of rotatable bonds is 5. The summed E-state index contributed by atoms with van der Waals surface area (Å²) in [5.41, 5.74) is 0. The molecule has 2 atom stereocenters. The van der Waals surface area contributed by atoms with E-state index >= 15 is 0 Å². The lowest BCUT2D eigenvalue weighted by Gasteiger charge is -2.31. The second-order valence-electron chi connectivity index (χ2n) is 5.29. The maximum Gasteiger partial charge on any atom is 0.225 e. The molecule has 0 aromatic heterocycles. The third-order valence-electron chi connectivity index (χ3n) is 3.58. The van der Waals surface area contributed by atoms with Gasteiger partial charge in [0.2, 0.25) is 5.91 Å². The van der Waals surface area contributed by atoms with Gasteiger partial charge >= 0.3 is 0 Å². The molecule has 1 aliphatic rings. The molecule has 0 heterocycles. The molecule has 0 aliphatic heterocycles. The zero-order valence-electron chi connectivity index (χ0n) is 11.2. The van der Waals surface area contributed by atoms with Crippen molar-refractivity contribution in [3.05, 3.63) is 0 Å². The van der Waals surface area contributed by atoms with Crippen molar-refractivity contribution in [3.63, 3.8) is 0 Å². The van der Waals surface area contributed by atoms with Crippen LogP contribution in [0, 0.1) is 11.8 Å². The number of carbonyl (C=O) groups is 1. The smallest absolute Gasteiger partial charge is 0.225 e. The Balaban J connectivity index is 2.51. The molecule has 2 unspecified atom stereocenters. The van der Waals surface area contributed by atoms with Crippen molar-refractivity contribution in [2.24, 2.45) is 11.8 Å². The van der Waals surface area contributed by atoms with E-state index in [0.29, 0.717) is 11.8 Å². The number of nitrogens with zero attached hydrogens (tertiary/aromatic N) is 1. The molecule has 2 nitrogen and oxygen atoms in total. The second-order valence-corrected chi connectivity index (χ2v) is 5.29. The van der Waals surface area contributed by atoms with Gasteiger partial charge < -0.3 is 4.90 Å². The van der Waals surface area contributed by atoms with Crippen LogP contribution in [0.3, 0.4) is 0 Å². The average Bonchev–Trinajstić information content (AvgIpc) is 2.28. The fraction of sp³-hybridized carbons (Fsp3) is 0.929. The van der Waals surface area contributed by atoms with Gasteiger partial charge in [0.15, 0.2) is 0 Å². The molecule has 0 aromatic carbocycles. The topological polar surface area (TPSA) is 20.3 Å². The predicted molar refractivity (Wildman–Crippen MR) is 68.3 cm³/mol. The molecule has 1 saturated carbocycles. The highest BCUT2D eigenvalue weighted by molar-refractivity contribution is 5.78. The number of hydrogen-bond donors (Lipinski definition) is 0. The summed E-state index contributed by atoms with van der Waals surface area (Å²) in [5, 5.41) is 0. The van der Waals surface area contributed by atoms with Crippen LogP contribution in [0.25, 0.3) is 0 Å². The number of carbonyl (C=O) groups excluding carboxylic acids is 1. The van der Waals surface area contributed by atoms with E-state index in [9.17, 15) is 4.79 Å². The van der Waals surface area contributed by atoms with Crippen LogP contribution in [0.15, 0.2) is 0 Å². The first-order valence-electron chi connectivity index (χ1n) is 6.97. The first-order valence-corrected chi connectivity index (χ1v) is 6.97. The fourth-order valence-corrected chi connectivity index (χ4v) is 2.79. The Kier molecular flexibility index (Phi) is 5.86. The lowest BCUT2D eigenvalue weighted by Crippen LogP contribution is -2.38. The first-order chi connectivity index (χ1) is 7.69. The molecule has 0 spiro atoms. The van der Waals surface area contributed by atoms with Gasteiger partial charge in [0, 0.05) is 19.0 Å². The summed E-state index contributed by atoms with van der Waals surface area (Å²) in [6, 6.07) is 0. The summed E-state index contributed by atoms with van der Waals surface area (Å²) in [6.45, 7) is 8.47. The van der Waals surface area contributed by atoms with E-state index in [-0.39, 0.29) is 0 Å². The Hall–Kier alpha value is -0.530. The Morgan fingerprint density at radius 2 is 1.81 bits per heavy atom. The Labute approximate surface area is 100 Å². The first kappa shape index (κ1) is 13.5. The molecule has 0 saturated heterocycles. The van der Waals surface area contributed by atoms with Crippen LogP contribution in [0.1, 0.15) is 59.3 Å². The quantitative estimate of drug-likeness (QED) is 0.701. The second kappa shape index (κ2) is 6.93. The van der Waals surface area contributed by atoms with Gasteiger partial charge in [0.05, 0.1) is 0 Å². The molecule has 0 bridgehead atoms. The van der Waals surface area contributed by atoms with Crippen molar-refractivity contribution < 1.29 is 4.79 Å². The van der Waals surface area contributed by atoms with Gasteiger partial charge in [-0.05, 0) is 31.6 Å². The third kappa shape index (κ3) is 3.80. The van der Waals surface area contributed by atoms with E-state index in [1.807, 2.05) is 0 Å². The van der Waals surface area contributed by atoms with Gasteiger partial charge in [-0.2, -0.15) is 0 Å². The number of hydrogen-bond acceptors (Lipinski definition) is 1. The monoisotopic (exact) mass is 225 g/mol. The molecule has 1 aliphatic carbocycles. The highest BCUT2D eigenvalue weighted by atomic mass is 16.2. The van der Waals surface area contributed by atoms with Crippen molar-refractivity contribution in [2.75, 3.05) is 13.1 Å². The van der Waals surface area contributed by atoms with Crippen molar-refractivity contribution >= 4 is 5.91 Å². The van der Waals surface area contributed by atoms with Crippen molar-refractivity contribution in [2.45, 2.75) is 59.3 Å². The van der Waals surface area contributed by atoms with E-state index in [0.717, 1.165) is 44.7 Å². The minimum atomic E-state index is 0.321. The van der Waals surface area contributed by atoms with E-state index in [2.05, 4.69) is 25.7 Å². The Morgan fingerprint density at radius 3 is 2.31 bits per heavy atom. The normalized spacial score (nSPS) is 25.4. The largest absolute Gasteiger partial charge is 0.342 e. The maximum absolute atomic E-state index is 12.3. The summed E-state index contributed by atoms with van der Waals surface area (Å²) >= 11 is 0. The van der Waals surface area contributed by atoms with Crippen molar-refractivity contribution in [1.82, 2.24) is 4.90 Å². The summed E-state index contributed by atoms with van der Waals surface area (Å²) < 4.78 is 0. The van der Waals surface area contributed by atoms with Gasteiger partial charge in [-0.15, -0.1) is 0 Å². The molecule has 1 rings (SSSR count). The number of amides is 1. The molecular formula is C14H27NO. The van der Waals surface area contributed by atoms with Gasteiger partial charge in [0.25, 0.3) is 0 Å². The zero-order chi connectivity index (χ0) is 12.0. The maximum atomic E-state index is 12.3. The van der Waals surface area contributed by atoms with Crippen molar-refractivity contribution in [1.29, 1.82) is 0 Å². The van der Waals surface area contributed by atoms with Crippen LogP contribution in [-0.2, 0) is 4.79 Å². The molecule has 2 heteroatoms. The lowest BCUT2D eigenvalue weighted by atomic mass is 9.81. The molecule has 94 valence electrons. The van der Waals surface area contributed by atoms with Crippen LogP contribution < -0.4 is 0 Å². The van der Waals surface area contributed by atoms with Crippen LogP contribution in [0.4, 0.5) is 0 Å².